The number of carbonyl (C=O) groups excluding carboxylic acids is 2. The fraction of sp³-hybridized carbons (Fsp3) is 0.333. The first kappa shape index (κ1) is 23.7. The van der Waals surface area contributed by atoms with Gasteiger partial charge < -0.3 is 10.1 Å². The molecule has 3 aromatic rings. The first-order chi connectivity index (χ1) is 17.5. The molecular formula is C27H28FN5O3. The van der Waals surface area contributed by atoms with Gasteiger partial charge in [0.1, 0.15) is 5.82 Å². The summed E-state index contributed by atoms with van der Waals surface area (Å²) in [6, 6.07) is 5.43. The van der Waals surface area contributed by atoms with Gasteiger partial charge in [0, 0.05) is 29.3 Å². The minimum absolute atomic E-state index is 0.208. The number of hydrogen-bond acceptors (Lipinski definition) is 5. The van der Waals surface area contributed by atoms with E-state index in [1.807, 2.05) is 19.2 Å². The number of benzene rings is 1. The highest BCUT2D eigenvalue weighted by atomic mass is 19.1. The number of aromatic nitrogens is 4. The summed E-state index contributed by atoms with van der Waals surface area (Å²) in [6.45, 7) is 4.46. The van der Waals surface area contributed by atoms with Crippen molar-refractivity contribution < 1.29 is 18.7 Å². The molecule has 0 spiro atoms. The van der Waals surface area contributed by atoms with Crippen molar-refractivity contribution in [1.29, 1.82) is 0 Å². The molecule has 9 heteroatoms. The van der Waals surface area contributed by atoms with Gasteiger partial charge in [-0.3, -0.25) is 9.48 Å². The smallest absolute Gasteiger partial charge is 0.331 e. The van der Waals surface area contributed by atoms with Crippen LogP contribution >= 0.6 is 0 Å². The van der Waals surface area contributed by atoms with E-state index in [9.17, 15) is 14.0 Å². The van der Waals surface area contributed by atoms with Crippen molar-refractivity contribution in [2.75, 3.05) is 6.61 Å². The molecule has 36 heavy (non-hydrogen) atoms. The molecule has 186 valence electrons. The number of nitrogens with one attached hydrogen (secondary N) is 1. The van der Waals surface area contributed by atoms with E-state index < -0.39 is 6.04 Å². The summed E-state index contributed by atoms with van der Waals surface area (Å²) in [5.74, 6) is -0.809. The van der Waals surface area contributed by atoms with Crippen LogP contribution in [0.3, 0.4) is 0 Å². The van der Waals surface area contributed by atoms with Crippen LogP contribution in [-0.4, -0.2) is 38.0 Å². The lowest BCUT2D eigenvalue weighted by Gasteiger charge is -2.17. The summed E-state index contributed by atoms with van der Waals surface area (Å²) >= 11 is 0. The van der Waals surface area contributed by atoms with Crippen molar-refractivity contribution in [3.05, 3.63) is 77.1 Å². The minimum atomic E-state index is -0.421. The number of carbonyl (C=O) groups is 2. The molecule has 0 radical (unpaired) electrons. The molecule has 1 aliphatic carbocycles. The predicted octanol–water partition coefficient (Wildman–Crippen LogP) is 4.54. The molecular weight excluding hydrogens is 461 g/mol. The molecule has 0 bridgehead atoms. The van der Waals surface area contributed by atoms with Gasteiger partial charge in [-0.05, 0) is 49.6 Å². The number of allylic oxidation sites excluding steroid dienone is 2. The fourth-order valence-corrected chi connectivity index (χ4v) is 4.63. The molecule has 1 amide bonds. The van der Waals surface area contributed by atoms with E-state index in [2.05, 4.69) is 28.5 Å². The standard InChI is InChI=1S/C27H28FN5O3/c1-3-17-5-10-21(22-15-30-33(25(22)13-17)20-8-6-19(28)7-9-20)26(34)31-23(4-2)18-14-29-32(16-18)24-11-12-36-27(24)35/h6-10,13-16,23-24H,3-5,11-12H2,1-2H3,(H,31,34). The number of esters is 1. The quantitative estimate of drug-likeness (QED) is 0.492. The van der Waals surface area contributed by atoms with E-state index in [-0.39, 0.29) is 23.7 Å². The topological polar surface area (TPSA) is 91.0 Å². The van der Waals surface area contributed by atoms with Gasteiger partial charge >= 0.3 is 5.97 Å². The molecule has 1 N–H and O–H groups in total. The molecule has 0 saturated carbocycles. The summed E-state index contributed by atoms with van der Waals surface area (Å²) in [7, 11) is 0. The normalized spacial score (nSPS) is 18.1. The van der Waals surface area contributed by atoms with E-state index in [0.717, 1.165) is 28.9 Å². The van der Waals surface area contributed by atoms with E-state index in [1.165, 1.54) is 17.7 Å². The number of fused-ring (bicyclic) bond motifs is 1. The first-order valence-electron chi connectivity index (χ1n) is 12.2. The highest BCUT2D eigenvalue weighted by Gasteiger charge is 2.30. The van der Waals surface area contributed by atoms with Crippen LogP contribution in [0.1, 0.15) is 68.4 Å². The molecule has 2 aromatic heterocycles. The van der Waals surface area contributed by atoms with Crippen LogP contribution in [0, 0.1) is 5.82 Å². The minimum Gasteiger partial charge on any atom is -0.464 e. The zero-order valence-corrected chi connectivity index (χ0v) is 20.3. The summed E-state index contributed by atoms with van der Waals surface area (Å²) in [5, 5.41) is 12.0. The maximum absolute atomic E-state index is 13.6. The Hall–Kier alpha value is -4.01. The van der Waals surface area contributed by atoms with Crippen molar-refractivity contribution in [3.63, 3.8) is 0 Å². The molecule has 5 rings (SSSR count). The zero-order valence-electron chi connectivity index (χ0n) is 20.3. The highest BCUT2D eigenvalue weighted by Crippen LogP contribution is 2.31. The number of hydrogen-bond donors (Lipinski definition) is 1. The Labute approximate surface area is 208 Å². The first-order valence-corrected chi connectivity index (χ1v) is 12.2. The molecule has 3 heterocycles. The molecule has 1 saturated heterocycles. The van der Waals surface area contributed by atoms with Crippen LogP contribution in [0.15, 0.2) is 54.5 Å². The molecule has 2 unspecified atom stereocenters. The third-order valence-corrected chi connectivity index (χ3v) is 6.74. The number of rotatable bonds is 7. The third-order valence-electron chi connectivity index (χ3n) is 6.74. The number of cyclic esters (lactones) is 1. The molecule has 1 aliphatic heterocycles. The van der Waals surface area contributed by atoms with Crippen LogP contribution in [-0.2, 0) is 14.3 Å². The Morgan fingerprint density at radius 2 is 2.03 bits per heavy atom. The number of ether oxygens (including phenoxy) is 1. The highest BCUT2D eigenvalue weighted by molar-refractivity contribution is 6.20. The number of amides is 1. The van der Waals surface area contributed by atoms with Crippen molar-refractivity contribution in [2.24, 2.45) is 0 Å². The van der Waals surface area contributed by atoms with E-state index in [1.54, 1.807) is 33.9 Å². The monoisotopic (exact) mass is 489 g/mol. The van der Waals surface area contributed by atoms with E-state index >= 15 is 0 Å². The zero-order chi connectivity index (χ0) is 25.2. The Morgan fingerprint density at radius 1 is 1.22 bits per heavy atom. The van der Waals surface area contributed by atoms with Crippen molar-refractivity contribution in [3.8, 4) is 5.69 Å². The lowest BCUT2D eigenvalue weighted by Crippen LogP contribution is -2.29. The van der Waals surface area contributed by atoms with Crippen LogP contribution < -0.4 is 5.32 Å². The van der Waals surface area contributed by atoms with Gasteiger partial charge in [-0.25, -0.2) is 13.9 Å². The maximum Gasteiger partial charge on any atom is 0.331 e. The largest absolute Gasteiger partial charge is 0.464 e. The van der Waals surface area contributed by atoms with Crippen LogP contribution in [0.5, 0.6) is 0 Å². The summed E-state index contributed by atoms with van der Waals surface area (Å²) in [4.78, 5) is 25.5. The van der Waals surface area contributed by atoms with E-state index in [4.69, 9.17) is 4.74 Å². The van der Waals surface area contributed by atoms with Gasteiger partial charge in [-0.2, -0.15) is 10.2 Å². The molecule has 1 aromatic carbocycles. The van der Waals surface area contributed by atoms with Crippen molar-refractivity contribution in [1.82, 2.24) is 24.9 Å². The summed E-state index contributed by atoms with van der Waals surface area (Å²) < 4.78 is 21.9. The molecule has 2 aliphatic rings. The van der Waals surface area contributed by atoms with Gasteiger partial charge in [0.25, 0.3) is 5.91 Å². The number of halogens is 1. The van der Waals surface area contributed by atoms with Crippen LogP contribution in [0.25, 0.3) is 17.3 Å². The third kappa shape index (κ3) is 4.48. The van der Waals surface area contributed by atoms with Crippen molar-refractivity contribution in [2.45, 2.75) is 51.6 Å². The van der Waals surface area contributed by atoms with Gasteiger partial charge in [0.05, 0.1) is 36.4 Å². The lowest BCUT2D eigenvalue weighted by atomic mass is 10.0. The van der Waals surface area contributed by atoms with Gasteiger partial charge in [0.2, 0.25) is 0 Å². The average molecular weight is 490 g/mol. The Morgan fingerprint density at radius 3 is 2.72 bits per heavy atom. The lowest BCUT2D eigenvalue weighted by molar-refractivity contribution is -0.140. The van der Waals surface area contributed by atoms with Crippen LogP contribution in [0.4, 0.5) is 4.39 Å². The second-order valence-corrected chi connectivity index (χ2v) is 8.97. The van der Waals surface area contributed by atoms with Gasteiger partial charge in [0.15, 0.2) is 6.04 Å². The Bertz CT molecular complexity index is 1350. The second kappa shape index (κ2) is 9.93. The fourth-order valence-electron chi connectivity index (χ4n) is 4.63. The summed E-state index contributed by atoms with van der Waals surface area (Å²) in [6.07, 6.45) is 11.9. The molecule has 2 atom stereocenters. The SMILES string of the molecule is CCC1=Cc2c(cnn2-c2ccc(F)cc2)C(C(=O)NC(CC)c2cnn(C3CCOC3=O)c2)=CC1. The Balaban J connectivity index is 1.42. The number of nitrogens with zero attached hydrogens (tertiary/aromatic N) is 4. The second-order valence-electron chi connectivity index (χ2n) is 8.97. The van der Waals surface area contributed by atoms with Crippen molar-refractivity contribution >= 4 is 23.5 Å². The average Bonchev–Trinajstić information content (AvgIpc) is 3.60. The predicted molar refractivity (Wildman–Crippen MR) is 132 cm³/mol. The Kier molecular flexibility index (Phi) is 6.54. The molecule has 8 nitrogen and oxygen atoms in total. The maximum atomic E-state index is 13.6. The molecule has 1 fully saturated rings. The van der Waals surface area contributed by atoms with Gasteiger partial charge in [-0.15, -0.1) is 0 Å². The van der Waals surface area contributed by atoms with E-state index in [0.29, 0.717) is 31.4 Å². The van der Waals surface area contributed by atoms with Gasteiger partial charge in [-0.1, -0.05) is 25.5 Å². The van der Waals surface area contributed by atoms with Crippen LogP contribution in [0.2, 0.25) is 0 Å². The summed E-state index contributed by atoms with van der Waals surface area (Å²) in [5.41, 5.74) is 4.77.